The van der Waals surface area contributed by atoms with Crippen LogP contribution in [0, 0.1) is 6.92 Å². The molecule has 1 unspecified atom stereocenters. The number of aryl methyl sites for hydroxylation is 1. The van der Waals surface area contributed by atoms with Gasteiger partial charge in [-0.1, -0.05) is 76.4 Å². The molecule has 1 nitrogen and oxygen atoms in total. The predicted octanol–water partition coefficient (Wildman–Crippen LogP) is 6.57. The highest BCUT2D eigenvalue weighted by atomic mass is 32.1. The molecule has 1 aromatic heterocycles. The predicted molar refractivity (Wildman–Crippen MR) is 123 cm³/mol. The Kier molecular flexibility index (Phi) is 5.30. The fourth-order valence-electron chi connectivity index (χ4n) is 4.41. The third-order valence-electron chi connectivity index (χ3n) is 5.60. The van der Waals surface area contributed by atoms with Crippen molar-refractivity contribution in [1.82, 2.24) is 0 Å². The van der Waals surface area contributed by atoms with Gasteiger partial charge < -0.3 is 4.74 Å². The number of allylic oxidation sites excluding steroid dienone is 1. The van der Waals surface area contributed by atoms with Gasteiger partial charge in [0, 0.05) is 15.3 Å². The second kappa shape index (κ2) is 7.10. The molecule has 1 aliphatic carbocycles. The maximum atomic E-state index is 6.32. The van der Waals surface area contributed by atoms with Crippen molar-refractivity contribution in [3.05, 3.63) is 63.4 Å². The van der Waals surface area contributed by atoms with Gasteiger partial charge in [0.05, 0.1) is 8.07 Å². The second-order valence-corrected chi connectivity index (χ2v) is 15.1. The Morgan fingerprint density at radius 1 is 1.22 bits per heavy atom. The van der Waals surface area contributed by atoms with Crippen LogP contribution in [0.4, 0.5) is 0 Å². The van der Waals surface area contributed by atoms with Crippen molar-refractivity contribution < 1.29 is 4.74 Å². The topological polar surface area (TPSA) is 9.23 Å². The summed E-state index contributed by atoms with van der Waals surface area (Å²) >= 11 is 1.97. The van der Waals surface area contributed by atoms with Gasteiger partial charge in [0.2, 0.25) is 0 Å². The van der Waals surface area contributed by atoms with E-state index in [9.17, 15) is 0 Å². The van der Waals surface area contributed by atoms with Gasteiger partial charge in [0.1, 0.15) is 12.4 Å². The third-order valence-corrected chi connectivity index (χ3v) is 10.9. The van der Waals surface area contributed by atoms with Crippen LogP contribution in [0.3, 0.4) is 0 Å². The smallest absolute Gasteiger partial charge is 0.122 e. The van der Waals surface area contributed by atoms with E-state index in [1.165, 1.54) is 26.8 Å². The molecule has 0 spiro atoms. The van der Waals surface area contributed by atoms with Crippen LogP contribution in [0.2, 0.25) is 13.1 Å². The van der Waals surface area contributed by atoms with E-state index in [-0.39, 0.29) is 5.41 Å². The lowest BCUT2D eigenvalue weighted by molar-refractivity contribution is 0.354. The highest BCUT2D eigenvalue weighted by Gasteiger charge is 2.43. The SMILES string of the molecule is C=CCOc1c(C(C)(C)C)cccc1[Si](C)(C)C1C(C)=Cc2cc(C)sc21. The molecule has 3 rings (SSSR count). The Bertz CT molecular complexity index is 896. The van der Waals surface area contributed by atoms with Crippen LogP contribution in [0.1, 0.15) is 54.1 Å². The van der Waals surface area contributed by atoms with Crippen LogP contribution < -0.4 is 9.92 Å². The molecule has 1 aliphatic rings. The molecule has 0 radical (unpaired) electrons. The summed E-state index contributed by atoms with van der Waals surface area (Å²) in [6.07, 6.45) is 4.25. The summed E-state index contributed by atoms with van der Waals surface area (Å²) in [7, 11) is -1.87. The van der Waals surface area contributed by atoms with Gasteiger partial charge in [0.15, 0.2) is 0 Å². The molecule has 0 saturated carbocycles. The van der Waals surface area contributed by atoms with E-state index >= 15 is 0 Å². The number of ether oxygens (including phenoxy) is 1. The van der Waals surface area contributed by atoms with Crippen LogP contribution in [0.15, 0.2) is 42.5 Å². The van der Waals surface area contributed by atoms with Gasteiger partial charge in [-0.3, -0.25) is 0 Å². The maximum absolute atomic E-state index is 6.32. The van der Waals surface area contributed by atoms with E-state index in [2.05, 4.69) is 84.6 Å². The molecular formula is C24H32OSSi. The van der Waals surface area contributed by atoms with Gasteiger partial charge >= 0.3 is 0 Å². The van der Waals surface area contributed by atoms with Gasteiger partial charge in [-0.2, -0.15) is 0 Å². The fourth-order valence-corrected chi connectivity index (χ4v) is 10.2. The van der Waals surface area contributed by atoms with Gasteiger partial charge in [0.25, 0.3) is 0 Å². The molecule has 2 aromatic rings. The van der Waals surface area contributed by atoms with Crippen molar-refractivity contribution in [2.45, 2.75) is 58.7 Å². The standard InChI is InChI=1S/C24H32OSSi/c1-9-13-25-21-19(24(4,5)6)11-10-12-20(21)27(7,8)23-16(2)14-18-15-17(3)26-22(18)23/h9-12,14-15,23H,1,13H2,2-8H3. The summed E-state index contributed by atoms with van der Waals surface area (Å²) in [6.45, 7) is 20.7. The summed E-state index contributed by atoms with van der Waals surface area (Å²) < 4.78 is 6.32. The zero-order chi connectivity index (χ0) is 20.0. The molecule has 0 amide bonds. The average Bonchev–Trinajstić information content (AvgIpc) is 3.05. The van der Waals surface area contributed by atoms with E-state index in [0.717, 1.165) is 5.75 Å². The van der Waals surface area contributed by atoms with Crippen molar-refractivity contribution >= 4 is 30.7 Å². The van der Waals surface area contributed by atoms with Crippen molar-refractivity contribution in [1.29, 1.82) is 0 Å². The third kappa shape index (κ3) is 3.60. The number of rotatable bonds is 5. The van der Waals surface area contributed by atoms with E-state index in [1.807, 2.05) is 17.4 Å². The Balaban J connectivity index is 2.17. The van der Waals surface area contributed by atoms with Gasteiger partial charge in [-0.25, -0.2) is 0 Å². The fraction of sp³-hybridized carbons (Fsp3) is 0.417. The zero-order valence-corrected chi connectivity index (χ0v) is 19.6. The molecule has 0 aliphatic heterocycles. The first kappa shape index (κ1) is 20.2. The molecule has 0 bridgehead atoms. The van der Waals surface area contributed by atoms with Crippen molar-refractivity contribution in [3.8, 4) is 5.75 Å². The molecule has 1 heterocycles. The van der Waals surface area contributed by atoms with E-state index in [4.69, 9.17) is 4.74 Å². The molecule has 1 atom stereocenters. The first-order valence-electron chi connectivity index (χ1n) is 9.73. The minimum atomic E-state index is -1.87. The average molecular weight is 397 g/mol. The number of para-hydroxylation sites is 1. The number of benzene rings is 1. The lowest BCUT2D eigenvalue weighted by Crippen LogP contribution is -2.48. The summed E-state index contributed by atoms with van der Waals surface area (Å²) in [4.78, 5) is 2.96. The Morgan fingerprint density at radius 3 is 2.56 bits per heavy atom. The Morgan fingerprint density at radius 2 is 1.93 bits per heavy atom. The summed E-state index contributed by atoms with van der Waals surface area (Å²) in [6, 6.07) is 9.10. The normalized spacial score (nSPS) is 16.9. The highest BCUT2D eigenvalue weighted by Crippen LogP contribution is 2.47. The minimum absolute atomic E-state index is 0.0439. The monoisotopic (exact) mass is 396 g/mol. The largest absolute Gasteiger partial charge is 0.489 e. The molecule has 0 fully saturated rings. The Labute approximate surface area is 169 Å². The second-order valence-electron chi connectivity index (χ2n) is 9.25. The van der Waals surface area contributed by atoms with Crippen molar-refractivity contribution in [3.63, 3.8) is 0 Å². The molecule has 27 heavy (non-hydrogen) atoms. The number of hydrogen-bond donors (Lipinski definition) is 0. The maximum Gasteiger partial charge on any atom is 0.122 e. The van der Waals surface area contributed by atoms with E-state index in [1.54, 1.807) is 4.88 Å². The molecule has 1 aromatic carbocycles. The highest BCUT2D eigenvalue weighted by molar-refractivity contribution is 7.13. The lowest BCUT2D eigenvalue weighted by Gasteiger charge is -2.35. The number of thiophene rings is 1. The van der Waals surface area contributed by atoms with Crippen molar-refractivity contribution in [2.75, 3.05) is 6.61 Å². The zero-order valence-electron chi connectivity index (χ0n) is 17.8. The molecule has 3 heteroatoms. The van der Waals surface area contributed by atoms with Crippen LogP contribution in [0.5, 0.6) is 5.75 Å². The first-order valence-corrected chi connectivity index (χ1v) is 13.6. The lowest BCUT2D eigenvalue weighted by atomic mass is 9.86. The number of fused-ring (bicyclic) bond motifs is 1. The molecule has 0 N–H and O–H groups in total. The van der Waals surface area contributed by atoms with Crippen LogP contribution in [-0.2, 0) is 5.41 Å². The van der Waals surface area contributed by atoms with Crippen LogP contribution >= 0.6 is 11.3 Å². The molecule has 0 saturated heterocycles. The summed E-state index contributed by atoms with van der Waals surface area (Å²) in [5.74, 6) is 1.09. The van der Waals surface area contributed by atoms with Gasteiger partial charge in [-0.15, -0.1) is 11.3 Å². The molecule has 144 valence electrons. The van der Waals surface area contributed by atoms with Crippen LogP contribution in [-0.4, -0.2) is 14.7 Å². The summed E-state index contributed by atoms with van der Waals surface area (Å²) in [5.41, 5.74) is 4.80. The first-order chi connectivity index (χ1) is 12.6. The van der Waals surface area contributed by atoms with Crippen molar-refractivity contribution in [2.24, 2.45) is 0 Å². The quantitative estimate of drug-likeness (QED) is 0.410. The molecular weight excluding hydrogens is 364 g/mol. The van der Waals surface area contributed by atoms with Gasteiger partial charge in [-0.05, 0) is 41.6 Å². The summed E-state index contributed by atoms with van der Waals surface area (Å²) in [5, 5.41) is 1.42. The van der Waals surface area contributed by atoms with E-state index in [0.29, 0.717) is 12.1 Å². The van der Waals surface area contributed by atoms with Crippen LogP contribution in [0.25, 0.3) is 6.08 Å². The Hall–Kier alpha value is -1.58. The number of hydrogen-bond acceptors (Lipinski definition) is 2. The van der Waals surface area contributed by atoms with E-state index < -0.39 is 8.07 Å². The minimum Gasteiger partial charge on any atom is -0.489 e.